The molecule has 0 radical (unpaired) electrons. The van der Waals surface area contributed by atoms with Gasteiger partial charge in [0.2, 0.25) is 10.0 Å². The Morgan fingerprint density at radius 2 is 1.88 bits per heavy atom. The molecular formula is C16H19N3O4S. The van der Waals surface area contributed by atoms with Gasteiger partial charge in [0.25, 0.3) is 5.69 Å². The Kier molecular flexibility index (Phi) is 4.91. The molecule has 0 saturated carbocycles. The number of nitrogens with zero attached hydrogens (tertiary/aromatic N) is 1. The third-order valence-electron chi connectivity index (χ3n) is 3.98. The van der Waals surface area contributed by atoms with Crippen molar-refractivity contribution in [3.63, 3.8) is 0 Å². The predicted octanol–water partition coefficient (Wildman–Crippen LogP) is 3.03. The lowest BCUT2D eigenvalue weighted by molar-refractivity contribution is -0.384. The zero-order valence-corrected chi connectivity index (χ0v) is 14.4. The molecule has 0 heterocycles. The minimum Gasteiger partial charge on any atom is -0.373 e. The zero-order chi connectivity index (χ0) is 18.1. The summed E-state index contributed by atoms with van der Waals surface area (Å²) in [5.74, 6) is 0. The van der Waals surface area contributed by atoms with Crippen LogP contribution >= 0.6 is 0 Å². The van der Waals surface area contributed by atoms with E-state index in [0.717, 1.165) is 22.8 Å². The van der Waals surface area contributed by atoms with E-state index in [1.165, 1.54) is 12.1 Å². The van der Waals surface area contributed by atoms with E-state index in [-0.39, 0.29) is 22.3 Å². The van der Waals surface area contributed by atoms with Crippen molar-refractivity contribution in [3.8, 4) is 0 Å². The molecule has 8 heteroatoms. The number of sulfonamides is 1. The average molecular weight is 349 g/mol. The summed E-state index contributed by atoms with van der Waals surface area (Å²) in [5, 5.41) is 19.4. The second-order valence-corrected chi connectivity index (χ2v) is 7.20. The molecule has 1 atom stereocenters. The third kappa shape index (κ3) is 3.72. The molecule has 0 fully saturated rings. The minimum absolute atomic E-state index is 0.191. The molecular weight excluding hydrogens is 330 g/mol. The number of nitrogens with one attached hydrogen (secondary N) is 1. The molecule has 2 aromatic rings. The number of hydrogen-bond acceptors (Lipinski definition) is 5. The number of hydrogen-bond donors (Lipinski definition) is 2. The summed E-state index contributed by atoms with van der Waals surface area (Å²) in [7, 11) is -4.00. The van der Waals surface area contributed by atoms with Crippen LogP contribution in [0.2, 0.25) is 0 Å². The van der Waals surface area contributed by atoms with Gasteiger partial charge in [0.1, 0.15) is 5.69 Å². The van der Waals surface area contributed by atoms with Crippen LogP contribution in [0.5, 0.6) is 0 Å². The van der Waals surface area contributed by atoms with Crippen molar-refractivity contribution in [2.45, 2.75) is 31.7 Å². The van der Waals surface area contributed by atoms with Crippen molar-refractivity contribution in [2.24, 2.45) is 5.14 Å². The highest BCUT2D eigenvalue weighted by Crippen LogP contribution is 2.31. The lowest BCUT2D eigenvalue weighted by atomic mass is 9.98. The number of rotatable bonds is 5. The van der Waals surface area contributed by atoms with Crippen molar-refractivity contribution in [1.82, 2.24) is 0 Å². The van der Waals surface area contributed by atoms with E-state index in [9.17, 15) is 18.5 Å². The molecule has 0 spiro atoms. The Bertz CT molecular complexity index is 894. The average Bonchev–Trinajstić information content (AvgIpc) is 2.49. The van der Waals surface area contributed by atoms with Gasteiger partial charge in [-0.2, -0.15) is 0 Å². The summed E-state index contributed by atoms with van der Waals surface area (Å²) < 4.78 is 22.8. The monoisotopic (exact) mass is 349 g/mol. The van der Waals surface area contributed by atoms with Crippen LogP contribution in [-0.2, 0) is 10.0 Å². The standard InChI is InChI=1S/C16H19N3O4S/c1-10-5-4-6-14(11(10)2)12(3)18-15-8-7-13(24(17,22)23)9-16(15)19(20)21/h4-9,12,18H,1-3H3,(H2,17,22,23). The topological polar surface area (TPSA) is 115 Å². The lowest BCUT2D eigenvalue weighted by Crippen LogP contribution is -2.14. The zero-order valence-electron chi connectivity index (χ0n) is 13.6. The van der Waals surface area contributed by atoms with Crippen LogP contribution < -0.4 is 10.5 Å². The lowest BCUT2D eigenvalue weighted by Gasteiger charge is -2.19. The molecule has 3 N–H and O–H groups in total. The van der Waals surface area contributed by atoms with Gasteiger partial charge < -0.3 is 5.32 Å². The number of aryl methyl sites for hydroxylation is 1. The van der Waals surface area contributed by atoms with Gasteiger partial charge in [-0.3, -0.25) is 10.1 Å². The molecule has 0 aromatic heterocycles. The van der Waals surface area contributed by atoms with Gasteiger partial charge in [0, 0.05) is 12.1 Å². The first-order valence-corrected chi connectivity index (χ1v) is 8.79. The third-order valence-corrected chi connectivity index (χ3v) is 4.89. The predicted molar refractivity (Wildman–Crippen MR) is 92.4 cm³/mol. The van der Waals surface area contributed by atoms with Crippen molar-refractivity contribution >= 4 is 21.4 Å². The van der Waals surface area contributed by atoms with Crippen molar-refractivity contribution in [3.05, 3.63) is 63.2 Å². The summed E-state index contributed by atoms with van der Waals surface area (Å²) in [6.07, 6.45) is 0. The van der Waals surface area contributed by atoms with Gasteiger partial charge in [-0.1, -0.05) is 18.2 Å². The van der Waals surface area contributed by atoms with E-state index in [1.54, 1.807) is 0 Å². The summed E-state index contributed by atoms with van der Waals surface area (Å²) in [4.78, 5) is 10.3. The number of nitro groups is 1. The molecule has 0 aliphatic carbocycles. The van der Waals surface area contributed by atoms with Crippen LogP contribution in [0.4, 0.5) is 11.4 Å². The molecule has 2 rings (SSSR count). The van der Waals surface area contributed by atoms with E-state index in [0.29, 0.717) is 0 Å². The van der Waals surface area contributed by atoms with E-state index in [1.807, 2.05) is 39.0 Å². The Hall–Kier alpha value is -2.45. The first-order chi connectivity index (χ1) is 11.1. The molecule has 24 heavy (non-hydrogen) atoms. The smallest absolute Gasteiger partial charge is 0.293 e. The normalized spacial score (nSPS) is 12.7. The van der Waals surface area contributed by atoms with Crippen LogP contribution in [0.25, 0.3) is 0 Å². The van der Waals surface area contributed by atoms with Gasteiger partial charge in [0.15, 0.2) is 0 Å². The second kappa shape index (κ2) is 6.58. The molecule has 0 aliphatic rings. The van der Waals surface area contributed by atoms with E-state index in [2.05, 4.69) is 5.32 Å². The SMILES string of the molecule is Cc1cccc(C(C)Nc2ccc(S(N)(=O)=O)cc2[N+](=O)[O-])c1C. The number of benzene rings is 2. The number of nitrogens with two attached hydrogens (primary N) is 1. The molecule has 128 valence electrons. The van der Waals surface area contributed by atoms with Gasteiger partial charge in [0.05, 0.1) is 9.82 Å². The fraction of sp³-hybridized carbons (Fsp3) is 0.250. The maximum Gasteiger partial charge on any atom is 0.293 e. The molecule has 0 saturated heterocycles. The van der Waals surface area contributed by atoms with Crippen LogP contribution in [0.15, 0.2) is 41.3 Å². The molecule has 7 nitrogen and oxygen atoms in total. The molecule has 2 aromatic carbocycles. The molecule has 1 unspecified atom stereocenters. The number of nitro benzene ring substituents is 1. The summed E-state index contributed by atoms with van der Waals surface area (Å²) in [6, 6.07) is 9.25. The maximum absolute atomic E-state index is 11.4. The minimum atomic E-state index is -4.00. The molecule has 0 amide bonds. The first kappa shape index (κ1) is 17.9. The Morgan fingerprint density at radius 3 is 2.46 bits per heavy atom. The quantitative estimate of drug-likeness (QED) is 0.636. The van der Waals surface area contributed by atoms with Gasteiger partial charge in [-0.15, -0.1) is 0 Å². The first-order valence-electron chi connectivity index (χ1n) is 7.25. The highest BCUT2D eigenvalue weighted by atomic mass is 32.2. The fourth-order valence-electron chi connectivity index (χ4n) is 2.52. The summed E-state index contributed by atoms with van der Waals surface area (Å²) >= 11 is 0. The number of primary sulfonamides is 1. The fourth-order valence-corrected chi connectivity index (χ4v) is 3.05. The van der Waals surface area contributed by atoms with Crippen LogP contribution in [-0.4, -0.2) is 13.3 Å². The Labute approximate surface area is 140 Å². The van der Waals surface area contributed by atoms with Gasteiger partial charge >= 0.3 is 0 Å². The van der Waals surface area contributed by atoms with Gasteiger partial charge in [-0.25, -0.2) is 13.6 Å². The highest BCUT2D eigenvalue weighted by Gasteiger charge is 2.21. The Morgan fingerprint density at radius 1 is 1.21 bits per heavy atom. The summed E-state index contributed by atoms with van der Waals surface area (Å²) in [5.41, 5.74) is 3.14. The van der Waals surface area contributed by atoms with E-state index in [4.69, 9.17) is 5.14 Å². The highest BCUT2D eigenvalue weighted by molar-refractivity contribution is 7.89. The largest absolute Gasteiger partial charge is 0.373 e. The maximum atomic E-state index is 11.4. The van der Waals surface area contributed by atoms with Crippen LogP contribution in [0.1, 0.15) is 29.7 Å². The second-order valence-electron chi connectivity index (χ2n) is 5.64. The molecule has 0 aliphatic heterocycles. The van der Waals surface area contributed by atoms with Crippen LogP contribution in [0, 0.1) is 24.0 Å². The van der Waals surface area contributed by atoms with Crippen molar-refractivity contribution in [1.29, 1.82) is 0 Å². The summed E-state index contributed by atoms with van der Waals surface area (Å²) in [6.45, 7) is 5.87. The van der Waals surface area contributed by atoms with Crippen LogP contribution in [0.3, 0.4) is 0 Å². The van der Waals surface area contributed by atoms with Crippen molar-refractivity contribution in [2.75, 3.05) is 5.32 Å². The van der Waals surface area contributed by atoms with Gasteiger partial charge in [-0.05, 0) is 49.6 Å². The van der Waals surface area contributed by atoms with Crippen molar-refractivity contribution < 1.29 is 13.3 Å². The molecule has 0 bridgehead atoms. The van der Waals surface area contributed by atoms with E-state index >= 15 is 0 Å². The Balaban J connectivity index is 2.42. The number of anilines is 1. The van der Waals surface area contributed by atoms with E-state index < -0.39 is 14.9 Å².